The fourth-order valence-electron chi connectivity index (χ4n) is 1.90. The van der Waals surface area contributed by atoms with Gasteiger partial charge in [0, 0.05) is 6.42 Å². The molecule has 0 radical (unpaired) electrons. The van der Waals surface area contributed by atoms with Gasteiger partial charge in [0.05, 0.1) is 0 Å². The highest BCUT2D eigenvalue weighted by molar-refractivity contribution is 5.85. The first-order valence-corrected chi connectivity index (χ1v) is 6.22. The molecule has 0 aliphatic heterocycles. The van der Waals surface area contributed by atoms with E-state index in [4.69, 9.17) is 9.52 Å². The predicted molar refractivity (Wildman–Crippen MR) is 66.9 cm³/mol. The SMILES string of the molecule is O=C(O)c1oc(CCCc2ccccc2)nc1C(F)(F)F. The zero-order valence-electron chi connectivity index (χ0n) is 10.9. The molecule has 0 amide bonds. The maximum absolute atomic E-state index is 12.6. The minimum absolute atomic E-state index is 0.144. The molecular weight excluding hydrogens is 287 g/mol. The first-order valence-electron chi connectivity index (χ1n) is 6.22. The zero-order valence-corrected chi connectivity index (χ0v) is 10.9. The second kappa shape index (κ2) is 5.99. The van der Waals surface area contributed by atoms with E-state index in [-0.39, 0.29) is 12.3 Å². The van der Waals surface area contributed by atoms with Crippen LogP contribution in [0, 0.1) is 0 Å². The highest BCUT2D eigenvalue weighted by atomic mass is 19.4. The molecule has 1 aromatic heterocycles. The van der Waals surface area contributed by atoms with Crippen molar-refractivity contribution < 1.29 is 27.5 Å². The van der Waals surface area contributed by atoms with Gasteiger partial charge in [-0.05, 0) is 18.4 Å². The van der Waals surface area contributed by atoms with Crippen molar-refractivity contribution in [2.45, 2.75) is 25.4 Å². The van der Waals surface area contributed by atoms with Crippen LogP contribution in [0.25, 0.3) is 0 Å². The van der Waals surface area contributed by atoms with Crippen molar-refractivity contribution in [1.29, 1.82) is 0 Å². The molecule has 0 saturated heterocycles. The first kappa shape index (κ1) is 15.1. The van der Waals surface area contributed by atoms with Crippen LogP contribution in [0.4, 0.5) is 13.2 Å². The van der Waals surface area contributed by atoms with Crippen molar-refractivity contribution in [3.05, 3.63) is 53.2 Å². The Bertz CT molecular complexity index is 620. The van der Waals surface area contributed by atoms with Crippen molar-refractivity contribution in [1.82, 2.24) is 4.98 Å². The number of aryl methyl sites for hydroxylation is 2. The lowest BCUT2D eigenvalue weighted by molar-refractivity contribution is -0.141. The predicted octanol–water partition coefficient (Wildman–Crippen LogP) is 3.57. The molecule has 4 nitrogen and oxygen atoms in total. The van der Waals surface area contributed by atoms with Crippen LogP contribution >= 0.6 is 0 Å². The molecule has 2 aromatic rings. The Morgan fingerprint density at radius 2 is 1.86 bits per heavy atom. The Morgan fingerprint density at radius 1 is 1.19 bits per heavy atom. The molecule has 0 aliphatic carbocycles. The maximum atomic E-state index is 12.6. The maximum Gasteiger partial charge on any atom is 0.437 e. The molecule has 112 valence electrons. The van der Waals surface area contributed by atoms with E-state index in [1.807, 2.05) is 30.3 Å². The minimum Gasteiger partial charge on any atom is -0.475 e. The minimum atomic E-state index is -4.84. The molecule has 1 N–H and O–H groups in total. The van der Waals surface area contributed by atoms with Crippen LogP contribution in [0.3, 0.4) is 0 Å². The summed E-state index contributed by atoms with van der Waals surface area (Å²) in [5, 5.41) is 8.71. The van der Waals surface area contributed by atoms with Gasteiger partial charge < -0.3 is 9.52 Å². The number of oxazole rings is 1. The molecule has 0 aliphatic rings. The molecule has 1 aromatic carbocycles. The van der Waals surface area contributed by atoms with Gasteiger partial charge in [-0.15, -0.1) is 0 Å². The largest absolute Gasteiger partial charge is 0.475 e. The summed E-state index contributed by atoms with van der Waals surface area (Å²) in [4.78, 5) is 14.0. The molecule has 0 spiro atoms. The van der Waals surface area contributed by atoms with Crippen molar-refractivity contribution in [2.24, 2.45) is 0 Å². The number of rotatable bonds is 5. The van der Waals surface area contributed by atoms with Gasteiger partial charge in [-0.1, -0.05) is 30.3 Å². The van der Waals surface area contributed by atoms with Gasteiger partial charge in [0.2, 0.25) is 5.76 Å². The Kier molecular flexibility index (Phi) is 4.30. The summed E-state index contributed by atoms with van der Waals surface area (Å²) in [6.07, 6.45) is -3.53. The molecule has 0 saturated carbocycles. The molecule has 0 bridgehead atoms. The van der Waals surface area contributed by atoms with Crippen molar-refractivity contribution in [2.75, 3.05) is 0 Å². The molecule has 0 atom stereocenters. The van der Waals surface area contributed by atoms with Gasteiger partial charge in [0.15, 0.2) is 11.6 Å². The van der Waals surface area contributed by atoms with Gasteiger partial charge in [-0.3, -0.25) is 0 Å². The van der Waals surface area contributed by atoms with E-state index < -0.39 is 23.6 Å². The fraction of sp³-hybridized carbons (Fsp3) is 0.286. The summed E-state index contributed by atoms with van der Waals surface area (Å²) < 4.78 is 42.6. The number of hydrogen-bond acceptors (Lipinski definition) is 3. The fourth-order valence-corrected chi connectivity index (χ4v) is 1.90. The molecule has 2 rings (SSSR count). The smallest absolute Gasteiger partial charge is 0.437 e. The Labute approximate surface area is 118 Å². The van der Waals surface area contributed by atoms with E-state index in [1.54, 1.807) is 0 Å². The topological polar surface area (TPSA) is 63.3 Å². The highest BCUT2D eigenvalue weighted by Gasteiger charge is 2.41. The molecule has 1 heterocycles. The van der Waals surface area contributed by atoms with Gasteiger partial charge >= 0.3 is 12.1 Å². The van der Waals surface area contributed by atoms with Crippen LogP contribution in [0.2, 0.25) is 0 Å². The van der Waals surface area contributed by atoms with Gasteiger partial charge in [0.1, 0.15) is 0 Å². The van der Waals surface area contributed by atoms with E-state index in [1.165, 1.54) is 0 Å². The number of carboxylic acid groups (broad SMARTS) is 1. The summed E-state index contributed by atoms with van der Waals surface area (Å²) in [5.74, 6) is -3.14. The number of carboxylic acids is 1. The third-order valence-corrected chi connectivity index (χ3v) is 2.83. The summed E-state index contributed by atoms with van der Waals surface area (Å²) in [5.41, 5.74) is -0.441. The number of hydrogen-bond donors (Lipinski definition) is 1. The molecule has 0 fully saturated rings. The van der Waals surface area contributed by atoms with Crippen LogP contribution in [0.1, 0.15) is 34.1 Å². The van der Waals surface area contributed by atoms with E-state index in [0.717, 1.165) is 5.56 Å². The highest BCUT2D eigenvalue weighted by Crippen LogP contribution is 2.32. The van der Waals surface area contributed by atoms with E-state index in [0.29, 0.717) is 12.8 Å². The van der Waals surface area contributed by atoms with E-state index in [2.05, 4.69) is 4.98 Å². The van der Waals surface area contributed by atoms with Crippen LogP contribution in [0.5, 0.6) is 0 Å². The van der Waals surface area contributed by atoms with Crippen molar-refractivity contribution in [3.63, 3.8) is 0 Å². The monoisotopic (exact) mass is 299 g/mol. The average Bonchev–Trinajstić information content (AvgIpc) is 2.84. The van der Waals surface area contributed by atoms with E-state index >= 15 is 0 Å². The van der Waals surface area contributed by atoms with Crippen LogP contribution in [0.15, 0.2) is 34.7 Å². The number of benzene rings is 1. The number of aromatic carboxylic acids is 1. The third-order valence-electron chi connectivity index (χ3n) is 2.83. The van der Waals surface area contributed by atoms with Crippen LogP contribution in [-0.4, -0.2) is 16.1 Å². The van der Waals surface area contributed by atoms with Crippen LogP contribution < -0.4 is 0 Å². The van der Waals surface area contributed by atoms with Crippen molar-refractivity contribution in [3.8, 4) is 0 Å². The first-order chi connectivity index (χ1) is 9.88. The quantitative estimate of drug-likeness (QED) is 0.916. The zero-order chi connectivity index (χ0) is 15.5. The van der Waals surface area contributed by atoms with Gasteiger partial charge in [-0.25, -0.2) is 9.78 Å². The molecule has 0 unspecified atom stereocenters. The normalized spacial score (nSPS) is 11.6. The second-order valence-electron chi connectivity index (χ2n) is 4.43. The Hall–Kier alpha value is -2.31. The summed E-state index contributed by atoms with van der Waals surface area (Å²) in [6.45, 7) is 0. The number of nitrogens with zero attached hydrogens (tertiary/aromatic N) is 1. The van der Waals surface area contributed by atoms with Crippen LogP contribution in [-0.2, 0) is 19.0 Å². The lowest BCUT2D eigenvalue weighted by Gasteiger charge is -2.00. The summed E-state index contributed by atoms with van der Waals surface area (Å²) in [7, 11) is 0. The molecular formula is C14H12F3NO3. The van der Waals surface area contributed by atoms with E-state index in [9.17, 15) is 18.0 Å². The Balaban J connectivity index is 2.06. The number of aromatic nitrogens is 1. The molecule has 21 heavy (non-hydrogen) atoms. The van der Waals surface area contributed by atoms with Crippen molar-refractivity contribution >= 4 is 5.97 Å². The molecule has 7 heteroatoms. The van der Waals surface area contributed by atoms with Gasteiger partial charge in [-0.2, -0.15) is 13.2 Å². The lowest BCUT2D eigenvalue weighted by Crippen LogP contribution is -2.11. The lowest BCUT2D eigenvalue weighted by atomic mass is 10.1. The Morgan fingerprint density at radius 3 is 2.38 bits per heavy atom. The average molecular weight is 299 g/mol. The number of carbonyl (C=O) groups is 1. The van der Waals surface area contributed by atoms with Gasteiger partial charge in [0.25, 0.3) is 0 Å². The summed E-state index contributed by atoms with van der Waals surface area (Å²) in [6, 6.07) is 9.40. The number of alkyl halides is 3. The second-order valence-corrected chi connectivity index (χ2v) is 4.43. The standard InChI is InChI=1S/C14H12F3NO3/c15-14(16,17)12-11(13(19)20)21-10(18-12)8-4-7-9-5-2-1-3-6-9/h1-3,5-6H,4,7-8H2,(H,19,20). The number of halogens is 3. The third kappa shape index (κ3) is 3.84. The summed E-state index contributed by atoms with van der Waals surface area (Å²) >= 11 is 0.